The highest BCUT2D eigenvalue weighted by molar-refractivity contribution is 6.33. The van der Waals surface area contributed by atoms with Crippen LogP contribution in [0, 0.1) is 6.92 Å². The van der Waals surface area contributed by atoms with Gasteiger partial charge in [-0.2, -0.15) is 0 Å². The summed E-state index contributed by atoms with van der Waals surface area (Å²) in [6.07, 6.45) is 0. The van der Waals surface area contributed by atoms with Gasteiger partial charge in [-0.1, -0.05) is 11.6 Å². The first-order chi connectivity index (χ1) is 13.0. The number of morpholine rings is 1. The van der Waals surface area contributed by atoms with E-state index >= 15 is 0 Å². The number of amides is 1. The first-order valence-corrected chi connectivity index (χ1v) is 9.16. The largest absolute Gasteiger partial charge is 0.496 e. The molecule has 10 heteroatoms. The van der Waals surface area contributed by atoms with Crippen LogP contribution in [0.1, 0.15) is 27.9 Å². The molecule has 0 bridgehead atoms. The number of benzene rings is 1. The van der Waals surface area contributed by atoms with E-state index in [0.717, 1.165) is 24.6 Å². The number of aryl methyl sites for hydroxylation is 1. The van der Waals surface area contributed by atoms with Gasteiger partial charge in [-0.15, -0.1) is 24.8 Å². The van der Waals surface area contributed by atoms with Gasteiger partial charge in [-0.3, -0.25) is 9.69 Å². The van der Waals surface area contributed by atoms with E-state index in [1.54, 1.807) is 6.07 Å². The Labute approximate surface area is 187 Å². The molecule has 0 radical (unpaired) electrons. The van der Waals surface area contributed by atoms with Gasteiger partial charge in [0.15, 0.2) is 0 Å². The molecule has 162 valence electrons. The van der Waals surface area contributed by atoms with E-state index in [1.807, 2.05) is 19.1 Å². The van der Waals surface area contributed by atoms with Crippen LogP contribution in [0.4, 0.5) is 5.69 Å². The molecule has 2 aromatic rings. The van der Waals surface area contributed by atoms with Gasteiger partial charge in [0.2, 0.25) is 0 Å². The van der Waals surface area contributed by atoms with Crippen LogP contribution in [-0.2, 0) is 4.74 Å². The third kappa shape index (κ3) is 6.17. The van der Waals surface area contributed by atoms with Crippen LogP contribution in [0.3, 0.4) is 0 Å². The van der Waals surface area contributed by atoms with Gasteiger partial charge < -0.3 is 24.9 Å². The number of nitrogens with zero attached hydrogens (tertiary/aromatic N) is 1. The van der Waals surface area contributed by atoms with Crippen molar-refractivity contribution in [3.8, 4) is 5.75 Å². The lowest BCUT2D eigenvalue weighted by Crippen LogP contribution is -2.43. The Hall–Kier alpha value is -1.64. The van der Waals surface area contributed by atoms with Gasteiger partial charge in [-0.05, 0) is 25.1 Å². The zero-order chi connectivity index (χ0) is 19.4. The summed E-state index contributed by atoms with van der Waals surface area (Å²) in [6.45, 7) is 5.16. The Morgan fingerprint density at radius 3 is 2.59 bits per heavy atom. The molecule has 1 aliphatic rings. The van der Waals surface area contributed by atoms with Crippen LogP contribution in [-0.4, -0.2) is 50.8 Å². The van der Waals surface area contributed by atoms with E-state index in [-0.39, 0.29) is 36.8 Å². The van der Waals surface area contributed by atoms with E-state index in [1.165, 1.54) is 13.2 Å². The number of hydrogen-bond acceptors (Lipinski definition) is 6. The van der Waals surface area contributed by atoms with Crippen molar-refractivity contribution in [3.63, 3.8) is 0 Å². The van der Waals surface area contributed by atoms with Crippen molar-refractivity contribution in [2.45, 2.75) is 13.0 Å². The summed E-state index contributed by atoms with van der Waals surface area (Å²) in [5, 5.41) is 3.28. The molecule has 7 nitrogen and oxygen atoms in total. The Bertz CT molecular complexity index is 810. The first-order valence-electron chi connectivity index (χ1n) is 8.79. The van der Waals surface area contributed by atoms with Gasteiger partial charge in [0, 0.05) is 25.7 Å². The van der Waals surface area contributed by atoms with Crippen LogP contribution in [0.5, 0.6) is 5.75 Å². The topological polar surface area (TPSA) is 90.0 Å². The van der Waals surface area contributed by atoms with Crippen molar-refractivity contribution in [1.82, 2.24) is 10.2 Å². The molecule has 0 aliphatic carbocycles. The summed E-state index contributed by atoms with van der Waals surface area (Å²) < 4.78 is 16.5. The first kappa shape index (κ1) is 25.4. The molecule has 29 heavy (non-hydrogen) atoms. The number of rotatable bonds is 6. The molecule has 1 aromatic carbocycles. The molecule has 1 aliphatic heterocycles. The molecule has 1 saturated heterocycles. The predicted molar refractivity (Wildman–Crippen MR) is 118 cm³/mol. The van der Waals surface area contributed by atoms with Crippen molar-refractivity contribution in [3.05, 3.63) is 46.4 Å². The summed E-state index contributed by atoms with van der Waals surface area (Å²) in [5.74, 6) is 1.75. The van der Waals surface area contributed by atoms with Crippen LogP contribution >= 0.6 is 36.4 Å². The lowest BCUT2D eigenvalue weighted by Gasteiger charge is -2.33. The number of methoxy groups -OCH3 is 1. The average molecular weight is 467 g/mol. The molecule has 0 spiro atoms. The third-order valence-electron chi connectivity index (χ3n) is 4.60. The molecule has 1 atom stereocenters. The summed E-state index contributed by atoms with van der Waals surface area (Å²) in [6, 6.07) is 6.86. The summed E-state index contributed by atoms with van der Waals surface area (Å²) in [7, 11) is 1.49. The standard InChI is InChI=1S/C19H24ClN3O4.2ClH/c1-12-3-4-17(27-12)16(23-5-7-26-8-6-23)11-22-19(24)13-9-14(20)15(21)10-18(13)25-2;;/h3-4,9-10,16H,5-8,11,21H2,1-2H3,(H,22,24);2*1H. The lowest BCUT2D eigenvalue weighted by atomic mass is 10.1. The monoisotopic (exact) mass is 465 g/mol. The van der Waals surface area contributed by atoms with Crippen molar-refractivity contribution in [2.24, 2.45) is 0 Å². The SMILES string of the molecule is COc1cc(N)c(Cl)cc1C(=O)NCC(c1ccc(C)o1)N1CCOCC1.Cl.Cl. The molecule has 1 amide bonds. The van der Waals surface area contributed by atoms with Crippen LogP contribution in [0.15, 0.2) is 28.7 Å². The number of nitrogens with two attached hydrogens (primary N) is 1. The average Bonchev–Trinajstić information content (AvgIpc) is 3.10. The minimum atomic E-state index is -0.282. The molecular formula is C19H26Cl3N3O4. The molecular weight excluding hydrogens is 441 g/mol. The molecule has 1 unspecified atom stereocenters. The van der Waals surface area contributed by atoms with Crippen LogP contribution in [0.25, 0.3) is 0 Å². The van der Waals surface area contributed by atoms with Gasteiger partial charge in [0.25, 0.3) is 5.91 Å². The number of carbonyl (C=O) groups is 1. The van der Waals surface area contributed by atoms with E-state index < -0.39 is 0 Å². The van der Waals surface area contributed by atoms with Gasteiger partial charge >= 0.3 is 0 Å². The maximum Gasteiger partial charge on any atom is 0.255 e. The maximum atomic E-state index is 12.7. The predicted octanol–water partition coefficient (Wildman–Crippen LogP) is 3.48. The van der Waals surface area contributed by atoms with E-state index in [9.17, 15) is 4.79 Å². The second-order valence-electron chi connectivity index (χ2n) is 6.40. The molecule has 2 heterocycles. The van der Waals surface area contributed by atoms with E-state index in [2.05, 4.69) is 10.2 Å². The van der Waals surface area contributed by atoms with Crippen molar-refractivity contribution in [2.75, 3.05) is 45.7 Å². The van der Waals surface area contributed by atoms with Crippen LogP contribution < -0.4 is 15.8 Å². The summed E-state index contributed by atoms with van der Waals surface area (Å²) in [5.41, 5.74) is 6.49. The Balaban J connectivity index is 0.00000210. The van der Waals surface area contributed by atoms with Gasteiger partial charge in [0.1, 0.15) is 17.3 Å². The van der Waals surface area contributed by atoms with Crippen LogP contribution in [0.2, 0.25) is 5.02 Å². The van der Waals surface area contributed by atoms with E-state index in [4.69, 9.17) is 31.2 Å². The third-order valence-corrected chi connectivity index (χ3v) is 4.92. The fraction of sp³-hybridized carbons (Fsp3) is 0.421. The summed E-state index contributed by atoms with van der Waals surface area (Å²) >= 11 is 6.07. The zero-order valence-corrected chi connectivity index (χ0v) is 18.7. The minimum absolute atomic E-state index is 0. The highest BCUT2D eigenvalue weighted by atomic mass is 35.5. The quantitative estimate of drug-likeness (QED) is 0.634. The molecule has 1 aromatic heterocycles. The second kappa shape index (κ2) is 11.5. The number of hydrogen-bond donors (Lipinski definition) is 2. The number of nitrogens with one attached hydrogen (secondary N) is 1. The van der Waals surface area contributed by atoms with Crippen molar-refractivity contribution in [1.29, 1.82) is 0 Å². The zero-order valence-electron chi connectivity index (χ0n) is 16.3. The Morgan fingerprint density at radius 1 is 1.31 bits per heavy atom. The highest BCUT2D eigenvalue weighted by Gasteiger charge is 2.26. The highest BCUT2D eigenvalue weighted by Crippen LogP contribution is 2.29. The normalized spacial score (nSPS) is 15.0. The van der Waals surface area contributed by atoms with Gasteiger partial charge in [-0.25, -0.2) is 0 Å². The number of ether oxygens (including phenoxy) is 2. The second-order valence-corrected chi connectivity index (χ2v) is 6.80. The number of anilines is 1. The van der Waals surface area contributed by atoms with E-state index in [0.29, 0.717) is 41.8 Å². The fourth-order valence-electron chi connectivity index (χ4n) is 3.13. The van der Waals surface area contributed by atoms with Crippen molar-refractivity contribution < 1.29 is 18.7 Å². The lowest BCUT2D eigenvalue weighted by molar-refractivity contribution is 0.0117. The van der Waals surface area contributed by atoms with Gasteiger partial charge in [0.05, 0.1) is 42.6 Å². The molecule has 0 saturated carbocycles. The molecule has 1 fully saturated rings. The maximum absolute atomic E-state index is 12.7. The van der Waals surface area contributed by atoms with Crippen molar-refractivity contribution >= 4 is 48.0 Å². The Morgan fingerprint density at radius 2 is 2.00 bits per heavy atom. The summed E-state index contributed by atoms with van der Waals surface area (Å²) in [4.78, 5) is 15.0. The Kier molecular flexibility index (Phi) is 10.1. The number of furan rings is 1. The number of carbonyl (C=O) groups excluding carboxylic acids is 1. The molecule has 3 N–H and O–H groups in total. The number of nitrogen functional groups attached to an aromatic ring is 1. The minimum Gasteiger partial charge on any atom is -0.496 e. The fourth-order valence-corrected chi connectivity index (χ4v) is 3.30. The number of halogens is 3. The molecule has 3 rings (SSSR count). The smallest absolute Gasteiger partial charge is 0.255 e.